The Morgan fingerprint density at radius 1 is 0.425 bits per heavy atom. The van der Waals surface area contributed by atoms with E-state index in [1.807, 2.05) is 0 Å². The molecule has 0 aliphatic rings. The normalized spacial score (nSPS) is 9.45. The summed E-state index contributed by atoms with van der Waals surface area (Å²) in [6, 6.07) is 17.4. The number of hydrogen-bond donors (Lipinski definition) is 0. The van der Waals surface area contributed by atoms with Gasteiger partial charge in [0.25, 0.3) is 0 Å². The van der Waals surface area contributed by atoms with Gasteiger partial charge in [-0.3, -0.25) is 0 Å². The van der Waals surface area contributed by atoms with E-state index < -0.39 is 30.4 Å². The first kappa shape index (κ1) is 57.2. The molecule has 0 saturated carbocycles. The van der Waals surface area contributed by atoms with Gasteiger partial charge in [-0.05, 0) is 52.3 Å². The Hall–Kier alpha value is 1.52. The Bertz CT molecular complexity index is 1270. The minimum absolute atomic E-state index is 0. The molecule has 0 amide bonds. The fraction of sp³-hybridized carbons (Fsp3) is 0. The van der Waals surface area contributed by atoms with Crippen LogP contribution in [0, 0.1) is 0 Å². The summed E-state index contributed by atoms with van der Waals surface area (Å²) in [6.07, 6.45) is 0. The van der Waals surface area contributed by atoms with Gasteiger partial charge >= 0.3 is 88.7 Å². The van der Waals surface area contributed by atoms with E-state index in [9.17, 15) is 38.9 Å². The van der Waals surface area contributed by atoms with Crippen molar-refractivity contribution in [2.45, 2.75) is 14.7 Å². The first-order valence-corrected chi connectivity index (χ1v) is 14.4. The average molecular weight is 708 g/mol. The van der Waals surface area contributed by atoms with Gasteiger partial charge in [0.2, 0.25) is 0 Å². The van der Waals surface area contributed by atoms with Gasteiger partial charge in [0.05, 0.1) is 14.7 Å². The predicted molar refractivity (Wildman–Crippen MR) is 146 cm³/mol. The Labute approximate surface area is 307 Å². The molecule has 0 radical (unpaired) electrons. The van der Waals surface area contributed by atoms with Crippen LogP contribution in [0.3, 0.4) is 0 Å². The van der Waals surface area contributed by atoms with Crippen LogP contribution in [0.2, 0.25) is 0 Å². The summed E-state index contributed by atoms with van der Waals surface area (Å²) in [4.78, 5) is -0.569. The standard InChI is InChI=1S/3C6H7O3PS.3Na.4H2O/c3*7-11(8,9)6-3-1-2-5(10)4-6;;;;;;;/h3*1-4H,10H2,(H,7,8,9);;;;4*1H2/q;;;3*+1;;;;/p-3. The van der Waals surface area contributed by atoms with Gasteiger partial charge in [0, 0.05) is 0 Å². The largest absolute Gasteiger partial charge is 1.00 e. The Morgan fingerprint density at radius 2 is 0.600 bits per heavy atom. The summed E-state index contributed by atoms with van der Waals surface area (Å²) < 4.78 is 93.8. The molecule has 0 fully saturated rings. The third-order valence-corrected chi connectivity index (χ3v) is 7.01. The van der Waals surface area contributed by atoms with Crippen LogP contribution in [0.15, 0.2) is 87.5 Å². The molecule has 0 aliphatic carbocycles. The van der Waals surface area contributed by atoms with Gasteiger partial charge < -0.3 is 35.6 Å². The van der Waals surface area contributed by atoms with E-state index in [1.54, 1.807) is 18.2 Å². The van der Waals surface area contributed by atoms with E-state index in [2.05, 4.69) is 27.7 Å². The van der Waals surface area contributed by atoms with Gasteiger partial charge in [-0.25, -0.2) is 25.3 Å². The van der Waals surface area contributed by atoms with Crippen molar-refractivity contribution >= 4 is 74.0 Å². The number of hydrogen-bond acceptors (Lipinski definition) is 9. The van der Waals surface area contributed by atoms with Gasteiger partial charge in [0.15, 0.2) is 0 Å². The van der Waals surface area contributed by atoms with Crippen LogP contribution in [-0.4, -0.2) is 60.8 Å². The molecule has 13 nitrogen and oxygen atoms in total. The number of rotatable bonds is 3. The SMILES string of the molecule is O.O.O.O.O=S(=O)([O-])c1cccc(P)c1.O=S(=O)([O-])c1cccc(P)c1.O=S(=O)([O-])c1cccc(P)c1.[Na+].[Na+].[Na+]. The maximum Gasteiger partial charge on any atom is 1.00 e. The summed E-state index contributed by atoms with van der Waals surface area (Å²) in [5.74, 6) is 0. The van der Waals surface area contributed by atoms with Gasteiger partial charge in [-0.15, -0.1) is 27.7 Å². The molecular formula is C18H26Na3O13P3S3. The first-order chi connectivity index (χ1) is 15.0. The molecule has 3 atom stereocenters. The van der Waals surface area contributed by atoms with Crippen molar-refractivity contribution in [3.8, 4) is 0 Å². The molecule has 0 bridgehead atoms. The fourth-order valence-electron chi connectivity index (χ4n) is 2.01. The molecule has 0 aliphatic heterocycles. The van der Waals surface area contributed by atoms with Crippen LogP contribution in [0.25, 0.3) is 0 Å². The predicted octanol–water partition coefficient (Wildman–Crippen LogP) is -12.0. The molecule has 212 valence electrons. The zero-order valence-corrected chi connectivity index (χ0v) is 33.5. The van der Waals surface area contributed by atoms with Crippen molar-refractivity contribution in [2.75, 3.05) is 0 Å². The van der Waals surface area contributed by atoms with E-state index in [0.717, 1.165) is 0 Å². The summed E-state index contributed by atoms with van der Waals surface area (Å²) in [6.45, 7) is 0. The average Bonchev–Trinajstić information content (AvgIpc) is 2.67. The second-order valence-corrected chi connectivity index (χ2v) is 12.2. The van der Waals surface area contributed by atoms with Crippen molar-refractivity contribution in [3.63, 3.8) is 0 Å². The smallest absolute Gasteiger partial charge is 0.744 e. The number of benzene rings is 3. The molecular weight excluding hydrogens is 682 g/mol. The molecule has 3 aromatic rings. The third-order valence-electron chi connectivity index (χ3n) is 3.44. The molecule has 40 heavy (non-hydrogen) atoms. The third kappa shape index (κ3) is 23.9. The van der Waals surface area contributed by atoms with E-state index in [0.29, 0.717) is 15.9 Å². The van der Waals surface area contributed by atoms with Gasteiger partial charge in [0.1, 0.15) is 30.4 Å². The minimum atomic E-state index is -4.29. The van der Waals surface area contributed by atoms with E-state index in [1.165, 1.54) is 54.6 Å². The van der Waals surface area contributed by atoms with E-state index in [-0.39, 0.29) is 125 Å². The Balaban J connectivity index is -0.0000000751. The van der Waals surface area contributed by atoms with Crippen LogP contribution in [0.1, 0.15) is 0 Å². The van der Waals surface area contributed by atoms with Crippen LogP contribution in [0.5, 0.6) is 0 Å². The molecule has 3 unspecified atom stereocenters. The second kappa shape index (κ2) is 25.8. The molecule has 22 heteroatoms. The van der Waals surface area contributed by atoms with Gasteiger partial charge in [-0.1, -0.05) is 36.4 Å². The molecule has 0 heterocycles. The van der Waals surface area contributed by atoms with Crippen LogP contribution < -0.4 is 105 Å². The first-order valence-electron chi connectivity index (χ1n) is 8.44. The van der Waals surface area contributed by atoms with Crippen molar-refractivity contribution in [1.29, 1.82) is 0 Å². The second-order valence-electron chi connectivity index (χ2n) is 6.08. The molecule has 3 rings (SSSR count). The molecule has 8 N–H and O–H groups in total. The fourth-order valence-corrected chi connectivity index (χ4v) is 4.82. The maximum absolute atomic E-state index is 10.4. The molecule has 0 saturated heterocycles. The van der Waals surface area contributed by atoms with Gasteiger partial charge in [-0.2, -0.15) is 0 Å². The van der Waals surface area contributed by atoms with Crippen molar-refractivity contribution < 1.29 is 149 Å². The summed E-state index contributed by atoms with van der Waals surface area (Å²) >= 11 is 0. The quantitative estimate of drug-likeness (QED) is 0.142. The van der Waals surface area contributed by atoms with E-state index >= 15 is 0 Å². The van der Waals surface area contributed by atoms with Crippen LogP contribution >= 0.6 is 27.7 Å². The summed E-state index contributed by atoms with van der Waals surface area (Å²) in [5, 5.41) is 2.05. The molecule has 0 spiro atoms. The van der Waals surface area contributed by atoms with Crippen molar-refractivity contribution in [1.82, 2.24) is 0 Å². The Morgan fingerprint density at radius 3 is 0.700 bits per heavy atom. The maximum atomic E-state index is 10.4. The molecule has 3 aromatic carbocycles. The van der Waals surface area contributed by atoms with Crippen LogP contribution in [-0.2, 0) is 30.4 Å². The zero-order chi connectivity index (χ0) is 25.4. The molecule has 0 aromatic heterocycles. The van der Waals surface area contributed by atoms with E-state index in [4.69, 9.17) is 0 Å². The topological polar surface area (TPSA) is 298 Å². The minimum Gasteiger partial charge on any atom is -0.744 e. The summed E-state index contributed by atoms with van der Waals surface area (Å²) in [5.41, 5.74) is 0. The zero-order valence-electron chi connectivity index (χ0n) is 21.6. The van der Waals surface area contributed by atoms with Crippen molar-refractivity contribution in [2.24, 2.45) is 0 Å². The van der Waals surface area contributed by atoms with Crippen molar-refractivity contribution in [3.05, 3.63) is 72.8 Å². The Kier molecular flexibility index (Phi) is 36.9. The monoisotopic (exact) mass is 708 g/mol. The van der Waals surface area contributed by atoms with Crippen LogP contribution in [0.4, 0.5) is 0 Å². The summed E-state index contributed by atoms with van der Waals surface area (Å²) in [7, 11) is -5.91.